The van der Waals surface area contributed by atoms with Crippen molar-refractivity contribution in [2.45, 2.75) is 50.8 Å². The minimum atomic E-state index is 0.300. The van der Waals surface area contributed by atoms with E-state index >= 15 is 0 Å². The molecule has 0 saturated carbocycles. The van der Waals surface area contributed by atoms with Crippen molar-refractivity contribution in [1.82, 2.24) is 0 Å². The number of rotatable bonds is 5. The second kappa shape index (κ2) is 7.83. The number of hydrogen-bond acceptors (Lipinski definition) is 2. The van der Waals surface area contributed by atoms with Gasteiger partial charge < -0.3 is 0 Å². The fraction of sp³-hybridized carbons (Fsp3) is 0.381. The maximum absolute atomic E-state index is 5.09. The molecule has 1 nitrogen and oxygen atoms in total. The van der Waals surface area contributed by atoms with Crippen molar-refractivity contribution in [2.24, 2.45) is 4.99 Å². The molecule has 0 saturated heterocycles. The highest BCUT2D eigenvalue weighted by Crippen LogP contribution is 2.38. The van der Waals surface area contributed by atoms with Gasteiger partial charge in [-0.2, -0.15) is 0 Å². The molecule has 2 aromatic rings. The van der Waals surface area contributed by atoms with Crippen molar-refractivity contribution in [2.75, 3.05) is 0 Å². The Morgan fingerprint density at radius 1 is 1.04 bits per heavy atom. The van der Waals surface area contributed by atoms with Gasteiger partial charge in [0.15, 0.2) is 0 Å². The van der Waals surface area contributed by atoms with Gasteiger partial charge in [0.25, 0.3) is 0 Å². The quantitative estimate of drug-likeness (QED) is 0.640. The van der Waals surface area contributed by atoms with Crippen molar-refractivity contribution in [3.63, 3.8) is 0 Å². The van der Waals surface area contributed by atoms with Crippen LogP contribution in [0.4, 0.5) is 0 Å². The van der Waals surface area contributed by atoms with E-state index < -0.39 is 0 Å². The lowest BCUT2D eigenvalue weighted by Gasteiger charge is -2.28. The summed E-state index contributed by atoms with van der Waals surface area (Å²) in [5, 5.41) is 1.89. The molecule has 1 heterocycles. The summed E-state index contributed by atoms with van der Waals surface area (Å²) in [4.78, 5) is 5.09. The summed E-state index contributed by atoms with van der Waals surface area (Å²) in [6.45, 7) is 4.42. The van der Waals surface area contributed by atoms with E-state index in [9.17, 15) is 0 Å². The second-order valence-corrected chi connectivity index (χ2v) is 7.63. The smallest absolute Gasteiger partial charge is 0.0987 e. The minimum absolute atomic E-state index is 0.300. The first kappa shape index (κ1) is 16.3. The van der Waals surface area contributed by atoms with Gasteiger partial charge in [0, 0.05) is 10.8 Å². The lowest BCUT2D eigenvalue weighted by molar-refractivity contribution is 0.577. The van der Waals surface area contributed by atoms with Gasteiger partial charge in [0.2, 0.25) is 0 Å². The summed E-state index contributed by atoms with van der Waals surface area (Å²) in [7, 11) is 0. The minimum Gasteiger partial charge on any atom is -0.270 e. The molecule has 2 atom stereocenters. The largest absolute Gasteiger partial charge is 0.270 e. The SMILES string of the molecule is CCCCC1CC(c2ccc(C)cc2)N=C(c2ccccc2)S1. The maximum atomic E-state index is 5.09. The highest BCUT2D eigenvalue weighted by atomic mass is 32.2. The van der Waals surface area contributed by atoms with Crippen LogP contribution in [0.3, 0.4) is 0 Å². The molecule has 2 unspecified atom stereocenters. The molecule has 0 amide bonds. The van der Waals surface area contributed by atoms with Crippen molar-refractivity contribution in [3.05, 3.63) is 71.3 Å². The van der Waals surface area contributed by atoms with Crippen LogP contribution >= 0.6 is 11.8 Å². The monoisotopic (exact) mass is 323 g/mol. The molecule has 0 fully saturated rings. The summed E-state index contributed by atoms with van der Waals surface area (Å²) in [5.74, 6) is 0. The number of unbranched alkanes of at least 4 members (excludes halogenated alkanes) is 1. The Bertz CT molecular complexity index is 645. The van der Waals surface area contributed by atoms with Crippen molar-refractivity contribution in [1.29, 1.82) is 0 Å². The number of hydrogen-bond donors (Lipinski definition) is 0. The van der Waals surface area contributed by atoms with Gasteiger partial charge in [-0.3, -0.25) is 4.99 Å². The van der Waals surface area contributed by atoms with Gasteiger partial charge in [-0.25, -0.2) is 0 Å². The highest BCUT2D eigenvalue weighted by molar-refractivity contribution is 8.15. The molecule has 1 aliphatic heterocycles. The third kappa shape index (κ3) is 4.26. The molecule has 2 aromatic carbocycles. The summed E-state index contributed by atoms with van der Waals surface area (Å²) < 4.78 is 0. The Morgan fingerprint density at radius 2 is 1.78 bits per heavy atom. The molecule has 2 heteroatoms. The number of thioether (sulfide) groups is 1. The van der Waals surface area contributed by atoms with E-state index in [-0.39, 0.29) is 0 Å². The van der Waals surface area contributed by atoms with E-state index in [0.29, 0.717) is 11.3 Å². The zero-order valence-corrected chi connectivity index (χ0v) is 14.9. The Morgan fingerprint density at radius 3 is 2.48 bits per heavy atom. The van der Waals surface area contributed by atoms with Crippen LogP contribution in [0.5, 0.6) is 0 Å². The highest BCUT2D eigenvalue weighted by Gasteiger charge is 2.25. The van der Waals surface area contributed by atoms with Gasteiger partial charge in [0.05, 0.1) is 11.1 Å². The van der Waals surface area contributed by atoms with Crippen LogP contribution in [0.2, 0.25) is 0 Å². The average Bonchev–Trinajstić information content (AvgIpc) is 2.61. The van der Waals surface area contributed by atoms with Crippen LogP contribution < -0.4 is 0 Å². The molecule has 1 aliphatic rings. The Hall–Kier alpha value is -1.54. The van der Waals surface area contributed by atoms with Crippen LogP contribution in [0, 0.1) is 6.92 Å². The van der Waals surface area contributed by atoms with Crippen molar-refractivity contribution in [3.8, 4) is 0 Å². The van der Waals surface area contributed by atoms with Crippen LogP contribution in [-0.2, 0) is 0 Å². The third-order valence-corrected chi connectivity index (χ3v) is 5.73. The van der Waals surface area contributed by atoms with E-state index in [4.69, 9.17) is 4.99 Å². The van der Waals surface area contributed by atoms with Crippen LogP contribution in [-0.4, -0.2) is 10.3 Å². The van der Waals surface area contributed by atoms with Crippen molar-refractivity contribution >= 4 is 16.8 Å². The number of aryl methyl sites for hydroxylation is 1. The van der Waals surface area contributed by atoms with E-state index in [1.165, 1.54) is 41.0 Å². The zero-order chi connectivity index (χ0) is 16.1. The normalized spacial score (nSPS) is 21.0. The molecular weight excluding hydrogens is 298 g/mol. The van der Waals surface area contributed by atoms with Gasteiger partial charge in [-0.05, 0) is 25.3 Å². The van der Waals surface area contributed by atoms with Crippen LogP contribution in [0.15, 0.2) is 59.6 Å². The lowest BCUT2D eigenvalue weighted by Crippen LogP contribution is -2.18. The number of nitrogens with zero attached hydrogens (tertiary/aromatic N) is 1. The topological polar surface area (TPSA) is 12.4 Å². The molecule has 0 N–H and O–H groups in total. The van der Waals surface area contributed by atoms with E-state index in [1.807, 2.05) is 11.8 Å². The van der Waals surface area contributed by atoms with E-state index in [0.717, 1.165) is 6.42 Å². The third-order valence-electron chi connectivity index (χ3n) is 4.40. The molecule has 120 valence electrons. The van der Waals surface area contributed by atoms with Crippen LogP contribution in [0.1, 0.15) is 55.3 Å². The van der Waals surface area contributed by atoms with Gasteiger partial charge in [0.1, 0.15) is 0 Å². The van der Waals surface area contributed by atoms with Crippen LogP contribution in [0.25, 0.3) is 0 Å². The fourth-order valence-electron chi connectivity index (χ4n) is 3.01. The summed E-state index contributed by atoms with van der Waals surface area (Å²) in [5.41, 5.74) is 3.93. The molecule has 0 spiro atoms. The molecular formula is C21H25NS. The standard InChI is InChI=1S/C21H25NS/c1-3-4-10-19-15-20(17-13-11-16(2)12-14-17)22-21(23-19)18-8-6-5-7-9-18/h5-9,11-14,19-20H,3-4,10,15H2,1-2H3. The second-order valence-electron chi connectivity index (χ2n) is 6.34. The number of aliphatic imine (C=N–C) groups is 1. The lowest BCUT2D eigenvalue weighted by atomic mass is 9.99. The molecule has 0 aromatic heterocycles. The zero-order valence-electron chi connectivity index (χ0n) is 14.0. The molecule has 23 heavy (non-hydrogen) atoms. The van der Waals surface area contributed by atoms with E-state index in [1.54, 1.807) is 0 Å². The van der Waals surface area contributed by atoms with Crippen molar-refractivity contribution < 1.29 is 0 Å². The van der Waals surface area contributed by atoms with E-state index in [2.05, 4.69) is 68.4 Å². The average molecular weight is 324 g/mol. The van der Waals surface area contributed by atoms with Gasteiger partial charge in [-0.1, -0.05) is 79.9 Å². The maximum Gasteiger partial charge on any atom is 0.0987 e. The molecule has 0 bridgehead atoms. The summed E-state index contributed by atoms with van der Waals surface area (Å²) >= 11 is 1.98. The summed E-state index contributed by atoms with van der Waals surface area (Å²) in [6, 6.07) is 19.9. The molecule has 3 rings (SSSR count). The first-order valence-electron chi connectivity index (χ1n) is 8.62. The number of benzene rings is 2. The summed E-state index contributed by atoms with van der Waals surface area (Å²) in [6.07, 6.45) is 5.02. The first-order chi connectivity index (χ1) is 11.3. The predicted octanol–water partition coefficient (Wildman–Crippen LogP) is 6.18. The van der Waals surface area contributed by atoms with Gasteiger partial charge >= 0.3 is 0 Å². The molecule has 0 radical (unpaired) electrons. The Labute approximate surface area is 144 Å². The first-order valence-corrected chi connectivity index (χ1v) is 9.50. The fourth-order valence-corrected chi connectivity index (χ4v) is 4.35. The predicted molar refractivity (Wildman–Crippen MR) is 102 cm³/mol. The van der Waals surface area contributed by atoms with Gasteiger partial charge in [-0.15, -0.1) is 11.8 Å². The molecule has 0 aliphatic carbocycles. The Balaban J connectivity index is 1.88. The Kier molecular flexibility index (Phi) is 5.56.